The van der Waals surface area contributed by atoms with Crippen molar-refractivity contribution < 1.29 is 41.4 Å². The highest BCUT2D eigenvalue weighted by Crippen LogP contribution is 2.25. The number of nitrogens with one attached hydrogen (secondary N) is 1. The molecule has 3 aromatic rings. The second kappa shape index (κ2) is 13.5. The third kappa shape index (κ3) is 9.20. The zero-order valence-electron chi connectivity index (χ0n) is 23.1. The topological polar surface area (TPSA) is 155 Å². The predicted octanol–water partition coefficient (Wildman–Crippen LogP) is 4.89. The van der Waals surface area contributed by atoms with Gasteiger partial charge < -0.3 is 15.1 Å². The van der Waals surface area contributed by atoms with Crippen LogP contribution in [0.15, 0.2) is 47.5 Å². The Morgan fingerprint density at radius 1 is 1.12 bits per heavy atom. The second-order valence-corrected chi connectivity index (χ2v) is 11.1. The van der Waals surface area contributed by atoms with Crippen LogP contribution in [-0.4, -0.2) is 58.6 Å². The molecule has 0 spiro atoms. The Morgan fingerprint density at radius 3 is 2.20 bits per heavy atom. The molecule has 41 heavy (non-hydrogen) atoms. The van der Waals surface area contributed by atoms with Crippen molar-refractivity contribution in [3.63, 3.8) is 0 Å². The Hall–Kier alpha value is -4.14. The van der Waals surface area contributed by atoms with Crippen LogP contribution in [0.2, 0.25) is 0 Å². The normalized spacial score (nSPS) is 11.5. The molecule has 0 atom stereocenters. The molecule has 0 aliphatic rings. The van der Waals surface area contributed by atoms with Gasteiger partial charge in [-0.25, -0.2) is 23.0 Å². The van der Waals surface area contributed by atoms with Crippen molar-refractivity contribution in [2.24, 2.45) is 0 Å². The SMILES string of the molecule is CCCn1nc(C)cc1CN(C)c1ncc(NS(=O)(=O)c2ccc(C(C)C)cc2)cc1C(=O)O.O=C(O)C(F)(F)F. The van der Waals surface area contributed by atoms with E-state index in [0.29, 0.717) is 6.54 Å². The zero-order chi connectivity index (χ0) is 31.1. The number of hydrogen-bond acceptors (Lipinski definition) is 7. The van der Waals surface area contributed by atoms with Crippen molar-refractivity contribution in [2.75, 3.05) is 16.7 Å². The molecule has 0 unspecified atom stereocenters. The summed E-state index contributed by atoms with van der Waals surface area (Å²) in [6.45, 7) is 9.19. The molecule has 0 aliphatic heterocycles. The maximum absolute atomic E-state index is 12.8. The Morgan fingerprint density at radius 2 is 1.71 bits per heavy atom. The predicted molar refractivity (Wildman–Crippen MR) is 146 cm³/mol. The van der Waals surface area contributed by atoms with Crippen LogP contribution in [0.1, 0.15) is 60.4 Å². The van der Waals surface area contributed by atoms with Crippen molar-refractivity contribution in [3.8, 4) is 0 Å². The Labute approximate surface area is 235 Å². The third-order valence-corrected chi connectivity index (χ3v) is 7.03. The molecule has 0 saturated heterocycles. The number of pyridine rings is 1. The van der Waals surface area contributed by atoms with Gasteiger partial charge in [0.1, 0.15) is 11.4 Å². The molecule has 0 radical (unpaired) electrons. The highest BCUT2D eigenvalue weighted by molar-refractivity contribution is 7.92. The van der Waals surface area contributed by atoms with Crippen molar-refractivity contribution in [1.82, 2.24) is 14.8 Å². The van der Waals surface area contributed by atoms with Gasteiger partial charge in [0, 0.05) is 13.6 Å². The molecule has 11 nitrogen and oxygen atoms in total. The number of carboxylic acids is 2. The number of aliphatic carboxylic acids is 1. The van der Waals surface area contributed by atoms with Crippen molar-refractivity contribution in [3.05, 3.63) is 65.1 Å². The lowest BCUT2D eigenvalue weighted by Crippen LogP contribution is -2.23. The minimum Gasteiger partial charge on any atom is -0.478 e. The molecule has 224 valence electrons. The molecule has 0 aliphatic carbocycles. The number of carbonyl (C=O) groups is 2. The van der Waals surface area contributed by atoms with Gasteiger partial charge in [-0.15, -0.1) is 0 Å². The quantitative estimate of drug-likeness (QED) is 0.295. The van der Waals surface area contributed by atoms with Gasteiger partial charge in [0.15, 0.2) is 0 Å². The van der Waals surface area contributed by atoms with E-state index in [4.69, 9.17) is 9.90 Å². The van der Waals surface area contributed by atoms with Crippen LogP contribution in [0, 0.1) is 6.92 Å². The van der Waals surface area contributed by atoms with Crippen LogP contribution in [-0.2, 0) is 27.9 Å². The summed E-state index contributed by atoms with van der Waals surface area (Å²) in [7, 11) is -2.15. The summed E-state index contributed by atoms with van der Waals surface area (Å²) in [5.41, 5.74) is 2.83. The van der Waals surface area contributed by atoms with E-state index in [1.807, 2.05) is 31.5 Å². The van der Waals surface area contributed by atoms with Crippen LogP contribution in [0.25, 0.3) is 0 Å². The van der Waals surface area contributed by atoms with E-state index in [2.05, 4.69) is 21.7 Å². The summed E-state index contributed by atoms with van der Waals surface area (Å²) < 4.78 is 61.7. The van der Waals surface area contributed by atoms with Gasteiger partial charge in [0.25, 0.3) is 10.0 Å². The maximum Gasteiger partial charge on any atom is 0.490 e. The fraction of sp³-hybridized carbons (Fsp3) is 0.385. The Kier molecular flexibility index (Phi) is 10.9. The van der Waals surface area contributed by atoms with Crippen LogP contribution in [0.5, 0.6) is 0 Å². The Bertz CT molecular complexity index is 1470. The largest absolute Gasteiger partial charge is 0.490 e. The van der Waals surface area contributed by atoms with Gasteiger partial charge in [-0.05, 0) is 49.1 Å². The number of aromatic nitrogens is 3. The molecule has 0 saturated carbocycles. The molecular weight excluding hydrogens is 567 g/mol. The number of aryl methyl sites for hydroxylation is 2. The first-order chi connectivity index (χ1) is 19.0. The molecule has 1 aromatic carbocycles. The van der Waals surface area contributed by atoms with Gasteiger partial charge >= 0.3 is 18.1 Å². The van der Waals surface area contributed by atoms with E-state index in [-0.39, 0.29) is 27.9 Å². The number of anilines is 2. The van der Waals surface area contributed by atoms with E-state index in [0.717, 1.165) is 29.9 Å². The molecule has 2 aromatic heterocycles. The van der Waals surface area contributed by atoms with Crippen LogP contribution in [0.4, 0.5) is 24.7 Å². The highest BCUT2D eigenvalue weighted by atomic mass is 32.2. The zero-order valence-corrected chi connectivity index (χ0v) is 23.9. The molecule has 3 N–H and O–H groups in total. The van der Waals surface area contributed by atoms with E-state index in [1.165, 1.54) is 24.4 Å². The second-order valence-electron chi connectivity index (χ2n) is 9.39. The van der Waals surface area contributed by atoms with Gasteiger partial charge in [0.05, 0.1) is 34.7 Å². The van der Waals surface area contributed by atoms with Gasteiger partial charge in [-0.2, -0.15) is 18.3 Å². The fourth-order valence-electron chi connectivity index (χ4n) is 3.67. The van der Waals surface area contributed by atoms with E-state index < -0.39 is 28.1 Å². The minimum absolute atomic E-state index is 0.0781. The molecule has 0 bridgehead atoms. The third-order valence-electron chi connectivity index (χ3n) is 5.63. The summed E-state index contributed by atoms with van der Waals surface area (Å²) in [4.78, 5) is 27.0. The molecule has 3 rings (SSSR count). The summed E-state index contributed by atoms with van der Waals surface area (Å²) in [5.74, 6) is -3.44. The first-order valence-corrected chi connectivity index (χ1v) is 13.8. The summed E-state index contributed by atoms with van der Waals surface area (Å²) in [6.07, 6.45) is -2.83. The molecule has 0 amide bonds. The lowest BCUT2D eigenvalue weighted by Gasteiger charge is -2.21. The smallest absolute Gasteiger partial charge is 0.478 e. The number of rotatable bonds is 10. The molecule has 0 fully saturated rings. The maximum atomic E-state index is 12.8. The fourth-order valence-corrected chi connectivity index (χ4v) is 4.70. The minimum atomic E-state index is -5.08. The van der Waals surface area contributed by atoms with Crippen LogP contribution < -0.4 is 9.62 Å². The Balaban J connectivity index is 0.000000745. The van der Waals surface area contributed by atoms with Crippen LogP contribution in [0.3, 0.4) is 0 Å². The summed E-state index contributed by atoms with van der Waals surface area (Å²) >= 11 is 0. The number of aromatic carboxylic acids is 1. The van der Waals surface area contributed by atoms with E-state index in [1.54, 1.807) is 24.1 Å². The molecule has 2 heterocycles. The average Bonchev–Trinajstić information content (AvgIpc) is 3.21. The standard InChI is InChI=1S/C24H31N5O4S.C2HF3O2/c1-6-11-29-20(12-17(4)26-29)15-28(5)23-22(24(30)31)13-19(14-25-23)27-34(32,33)21-9-7-18(8-10-21)16(2)3;3-2(4,5)1(6)7/h7-10,12-14,16,27H,6,11,15H2,1-5H3,(H,30,31);(H,6,7). The molecular formula is C26H32F3N5O6S. The number of alkyl halides is 3. The summed E-state index contributed by atoms with van der Waals surface area (Å²) in [5, 5.41) is 21.4. The highest BCUT2D eigenvalue weighted by Gasteiger charge is 2.38. The number of nitrogens with zero attached hydrogens (tertiary/aromatic N) is 4. The van der Waals surface area contributed by atoms with Crippen molar-refractivity contribution in [2.45, 2.75) is 64.2 Å². The average molecular weight is 600 g/mol. The van der Waals surface area contributed by atoms with Gasteiger partial charge in [0.2, 0.25) is 0 Å². The van der Waals surface area contributed by atoms with Crippen molar-refractivity contribution in [1.29, 1.82) is 0 Å². The first-order valence-electron chi connectivity index (χ1n) is 12.4. The number of carboxylic acid groups (broad SMARTS) is 2. The van der Waals surface area contributed by atoms with E-state index >= 15 is 0 Å². The summed E-state index contributed by atoms with van der Waals surface area (Å²) in [6, 6.07) is 9.85. The van der Waals surface area contributed by atoms with Crippen LogP contribution >= 0.6 is 0 Å². The van der Waals surface area contributed by atoms with E-state index in [9.17, 15) is 31.5 Å². The van der Waals surface area contributed by atoms with Gasteiger partial charge in [-0.3, -0.25) is 9.40 Å². The lowest BCUT2D eigenvalue weighted by molar-refractivity contribution is -0.192. The number of benzene rings is 1. The molecule has 15 heteroatoms. The number of sulfonamides is 1. The number of halogens is 3. The van der Waals surface area contributed by atoms with Crippen molar-refractivity contribution >= 4 is 33.5 Å². The first kappa shape index (κ1) is 33.1. The number of hydrogen-bond donors (Lipinski definition) is 3. The van der Waals surface area contributed by atoms with Gasteiger partial charge in [-0.1, -0.05) is 32.9 Å². The lowest BCUT2D eigenvalue weighted by atomic mass is 10.0. The monoisotopic (exact) mass is 599 g/mol.